The molecule has 1 aromatic heterocycles. The van der Waals surface area contributed by atoms with Crippen LogP contribution in [-0.4, -0.2) is 54.6 Å². The number of piperidine rings is 1. The monoisotopic (exact) mass is 523 g/mol. The quantitative estimate of drug-likeness (QED) is 0.437. The van der Waals surface area contributed by atoms with Gasteiger partial charge in [-0.15, -0.1) is 11.3 Å². The molecule has 3 heterocycles. The number of carbonyl (C=O) groups excluding carboxylic acids is 2. The van der Waals surface area contributed by atoms with E-state index in [1.54, 1.807) is 29.6 Å². The van der Waals surface area contributed by atoms with E-state index in [-0.39, 0.29) is 22.6 Å². The van der Waals surface area contributed by atoms with Crippen molar-refractivity contribution in [3.63, 3.8) is 0 Å². The number of sulfonamides is 1. The van der Waals surface area contributed by atoms with Crippen LogP contribution in [-0.2, 0) is 26.2 Å². The molecule has 5 rings (SSSR count). The summed E-state index contributed by atoms with van der Waals surface area (Å²) < 4.78 is 29.2. The number of rotatable bonds is 7. The predicted molar refractivity (Wildman–Crippen MR) is 140 cm³/mol. The number of carbonyl (C=O) groups is 2. The third-order valence-electron chi connectivity index (χ3n) is 6.92. The van der Waals surface area contributed by atoms with Gasteiger partial charge in [-0.3, -0.25) is 14.5 Å². The Morgan fingerprint density at radius 1 is 0.944 bits per heavy atom. The molecular weight excluding hydrogens is 494 g/mol. The van der Waals surface area contributed by atoms with Crippen LogP contribution in [0.4, 0.5) is 5.69 Å². The second kappa shape index (κ2) is 10.3. The fourth-order valence-corrected chi connectivity index (χ4v) is 8.01. The van der Waals surface area contributed by atoms with Crippen LogP contribution < -0.4 is 4.90 Å². The highest BCUT2D eigenvalue weighted by atomic mass is 32.2. The van der Waals surface area contributed by atoms with E-state index in [2.05, 4.69) is 17.0 Å². The summed E-state index contributed by atoms with van der Waals surface area (Å²) in [5, 5.41) is 1.72. The molecule has 0 bridgehead atoms. The van der Waals surface area contributed by atoms with E-state index in [9.17, 15) is 18.0 Å². The molecule has 36 heavy (non-hydrogen) atoms. The summed E-state index contributed by atoms with van der Waals surface area (Å²) in [7, 11) is -3.95. The molecule has 2 amide bonds. The van der Waals surface area contributed by atoms with Crippen molar-refractivity contribution in [1.29, 1.82) is 0 Å². The maximum atomic E-state index is 13.8. The summed E-state index contributed by atoms with van der Waals surface area (Å²) in [5.41, 5.74) is 2.70. The van der Waals surface area contributed by atoms with Crippen molar-refractivity contribution >= 4 is 38.9 Å². The smallest absolute Gasteiger partial charge is 0.253 e. The van der Waals surface area contributed by atoms with Gasteiger partial charge < -0.3 is 0 Å². The zero-order valence-corrected chi connectivity index (χ0v) is 21.7. The van der Waals surface area contributed by atoms with Crippen LogP contribution in [0.2, 0.25) is 0 Å². The lowest BCUT2D eigenvalue weighted by molar-refractivity contribution is -0.122. The van der Waals surface area contributed by atoms with Crippen LogP contribution in [0, 0.1) is 6.92 Å². The number of likely N-dealkylation sites (tertiary alicyclic amines) is 1. The van der Waals surface area contributed by atoms with Gasteiger partial charge in [0, 0.05) is 25.7 Å². The van der Waals surface area contributed by atoms with Gasteiger partial charge >= 0.3 is 0 Å². The molecular formula is C27H29N3O4S2. The molecule has 0 spiro atoms. The minimum atomic E-state index is -3.95. The average molecular weight is 524 g/mol. The molecule has 0 saturated carbocycles. The van der Waals surface area contributed by atoms with Crippen molar-refractivity contribution < 1.29 is 18.0 Å². The molecule has 2 aliphatic rings. The van der Waals surface area contributed by atoms with E-state index in [1.807, 2.05) is 37.3 Å². The third-order valence-corrected chi connectivity index (χ3v) is 10.2. The Morgan fingerprint density at radius 3 is 2.28 bits per heavy atom. The summed E-state index contributed by atoms with van der Waals surface area (Å²) >= 11 is 1.13. The summed E-state index contributed by atoms with van der Waals surface area (Å²) in [6, 6.07) is 19.2. The molecule has 9 heteroatoms. The SMILES string of the molecule is Cc1ccc(N2C(=O)CC(N(C3CCN(Cc4ccccc4)CC3)S(=O)(=O)c3cccs3)C2=O)cc1. The summed E-state index contributed by atoms with van der Waals surface area (Å²) in [5.74, 6) is -0.850. The third kappa shape index (κ3) is 4.88. The number of benzene rings is 2. The maximum absolute atomic E-state index is 13.8. The zero-order chi connectivity index (χ0) is 25.3. The first-order valence-electron chi connectivity index (χ1n) is 12.1. The minimum Gasteiger partial charge on any atom is -0.299 e. The molecule has 2 saturated heterocycles. The molecule has 7 nitrogen and oxygen atoms in total. The lowest BCUT2D eigenvalue weighted by Crippen LogP contribution is -2.53. The highest BCUT2D eigenvalue weighted by molar-refractivity contribution is 7.91. The fraction of sp³-hybridized carbons (Fsp3) is 0.333. The summed E-state index contributed by atoms with van der Waals surface area (Å²) in [6.07, 6.45) is 1.04. The fourth-order valence-electron chi connectivity index (χ4n) is 5.09. The van der Waals surface area contributed by atoms with E-state index >= 15 is 0 Å². The van der Waals surface area contributed by atoms with Crippen molar-refractivity contribution in [1.82, 2.24) is 9.21 Å². The largest absolute Gasteiger partial charge is 0.299 e. The number of nitrogens with zero attached hydrogens (tertiary/aromatic N) is 3. The van der Waals surface area contributed by atoms with Gasteiger partial charge in [0.25, 0.3) is 15.9 Å². The molecule has 0 aliphatic carbocycles. The van der Waals surface area contributed by atoms with Crippen molar-refractivity contribution in [2.45, 2.75) is 49.0 Å². The topological polar surface area (TPSA) is 78.0 Å². The van der Waals surface area contributed by atoms with E-state index in [1.165, 1.54) is 9.87 Å². The Labute approximate surface area is 216 Å². The molecule has 2 aliphatic heterocycles. The molecule has 2 aromatic carbocycles. The highest BCUT2D eigenvalue weighted by Crippen LogP contribution is 2.35. The first-order chi connectivity index (χ1) is 17.3. The number of aryl methyl sites for hydroxylation is 1. The highest BCUT2D eigenvalue weighted by Gasteiger charge is 2.50. The van der Waals surface area contributed by atoms with Crippen LogP contribution in [0.5, 0.6) is 0 Å². The Kier molecular flexibility index (Phi) is 7.07. The van der Waals surface area contributed by atoms with Crippen LogP contribution in [0.25, 0.3) is 0 Å². The molecule has 1 unspecified atom stereocenters. The molecule has 1 atom stereocenters. The zero-order valence-electron chi connectivity index (χ0n) is 20.1. The van der Waals surface area contributed by atoms with E-state index < -0.39 is 22.0 Å². The van der Waals surface area contributed by atoms with Gasteiger partial charge in [0.15, 0.2) is 0 Å². The van der Waals surface area contributed by atoms with Gasteiger partial charge in [-0.2, -0.15) is 4.31 Å². The van der Waals surface area contributed by atoms with Crippen LogP contribution in [0.15, 0.2) is 76.3 Å². The van der Waals surface area contributed by atoms with Gasteiger partial charge in [-0.1, -0.05) is 54.1 Å². The van der Waals surface area contributed by atoms with Crippen molar-refractivity contribution in [3.8, 4) is 0 Å². The van der Waals surface area contributed by atoms with E-state index in [0.29, 0.717) is 31.6 Å². The summed E-state index contributed by atoms with van der Waals surface area (Å²) in [4.78, 5) is 30.1. The Morgan fingerprint density at radius 2 is 1.64 bits per heavy atom. The first-order valence-corrected chi connectivity index (χ1v) is 14.4. The van der Waals surface area contributed by atoms with Gasteiger partial charge in [-0.25, -0.2) is 13.3 Å². The Balaban J connectivity index is 1.41. The number of hydrogen-bond acceptors (Lipinski definition) is 6. The first kappa shape index (κ1) is 24.8. The van der Waals surface area contributed by atoms with Gasteiger partial charge in [0.05, 0.1) is 12.1 Å². The van der Waals surface area contributed by atoms with Crippen LogP contribution in [0.3, 0.4) is 0 Å². The summed E-state index contributed by atoms with van der Waals surface area (Å²) in [6.45, 7) is 4.16. The Bertz CT molecular complexity index is 1320. The second-order valence-electron chi connectivity index (χ2n) is 9.38. The van der Waals surface area contributed by atoms with Gasteiger partial charge in [0.1, 0.15) is 10.3 Å². The van der Waals surface area contributed by atoms with Crippen molar-refractivity contribution in [3.05, 3.63) is 83.2 Å². The Hall–Kier alpha value is -2.85. The lowest BCUT2D eigenvalue weighted by atomic mass is 10.0. The predicted octanol–water partition coefficient (Wildman–Crippen LogP) is 4.04. The van der Waals surface area contributed by atoms with Crippen molar-refractivity contribution in [2.75, 3.05) is 18.0 Å². The number of imide groups is 1. The standard InChI is InChI=1S/C27H29N3O4S2/c1-20-9-11-22(12-10-20)29-25(31)18-24(27(29)32)30(36(33,34)26-8-5-17-35-26)23-13-15-28(16-14-23)19-21-6-3-2-4-7-21/h2-12,17,23-24H,13-16,18-19H2,1H3. The number of amides is 2. The molecule has 0 N–H and O–H groups in total. The van der Waals surface area contributed by atoms with Gasteiger partial charge in [-0.05, 0) is 48.9 Å². The van der Waals surface area contributed by atoms with E-state index in [4.69, 9.17) is 0 Å². The molecule has 188 valence electrons. The normalized spacial score (nSPS) is 19.9. The molecule has 3 aromatic rings. The maximum Gasteiger partial charge on any atom is 0.253 e. The van der Waals surface area contributed by atoms with Crippen LogP contribution in [0.1, 0.15) is 30.4 Å². The number of thiophene rings is 1. The average Bonchev–Trinajstić information content (AvgIpc) is 3.51. The van der Waals surface area contributed by atoms with Crippen LogP contribution >= 0.6 is 11.3 Å². The molecule has 0 radical (unpaired) electrons. The van der Waals surface area contributed by atoms with Gasteiger partial charge in [0.2, 0.25) is 5.91 Å². The minimum absolute atomic E-state index is 0.151. The van der Waals surface area contributed by atoms with Crippen molar-refractivity contribution in [2.24, 2.45) is 0 Å². The van der Waals surface area contributed by atoms with E-state index in [0.717, 1.165) is 28.3 Å². The second-order valence-corrected chi connectivity index (χ2v) is 12.4. The lowest BCUT2D eigenvalue weighted by Gasteiger charge is -2.39. The number of anilines is 1. The number of hydrogen-bond donors (Lipinski definition) is 0. The molecule has 2 fully saturated rings.